The second-order valence-electron chi connectivity index (χ2n) is 5.39. The van der Waals surface area contributed by atoms with Crippen LogP contribution in [0.1, 0.15) is 6.92 Å². The average Bonchev–Trinajstić information content (AvgIpc) is 2.65. The maximum Gasteiger partial charge on any atom is 0.353 e. The van der Waals surface area contributed by atoms with Gasteiger partial charge in [-0.25, -0.2) is 9.97 Å². The lowest BCUT2D eigenvalue weighted by Crippen LogP contribution is -2.05. The van der Waals surface area contributed by atoms with Crippen LogP contribution in [-0.2, 0) is 0 Å². The number of nitro groups is 1. The molecule has 0 fully saturated rings. The van der Waals surface area contributed by atoms with Crippen molar-refractivity contribution in [2.24, 2.45) is 0 Å². The molecule has 27 heavy (non-hydrogen) atoms. The first-order valence-electron chi connectivity index (χ1n) is 8.08. The van der Waals surface area contributed by atoms with Gasteiger partial charge in [0.2, 0.25) is 11.6 Å². The summed E-state index contributed by atoms with van der Waals surface area (Å²) >= 11 is 3.35. The van der Waals surface area contributed by atoms with Crippen LogP contribution in [0.5, 0.6) is 5.75 Å². The van der Waals surface area contributed by atoms with Crippen molar-refractivity contribution in [1.82, 2.24) is 9.97 Å². The number of hydrogen-bond donors (Lipinski definition) is 2. The number of rotatable bonds is 7. The van der Waals surface area contributed by atoms with Gasteiger partial charge in [-0.3, -0.25) is 10.1 Å². The van der Waals surface area contributed by atoms with Gasteiger partial charge in [0.05, 0.1) is 11.5 Å². The largest absolute Gasteiger partial charge is 0.494 e. The van der Waals surface area contributed by atoms with Gasteiger partial charge in [-0.1, -0.05) is 15.9 Å². The fraction of sp³-hybridized carbons (Fsp3) is 0.111. The molecule has 0 atom stereocenters. The summed E-state index contributed by atoms with van der Waals surface area (Å²) in [6.07, 6.45) is 1.27. The lowest BCUT2D eigenvalue weighted by molar-refractivity contribution is -0.383. The van der Waals surface area contributed by atoms with Crippen LogP contribution < -0.4 is 15.4 Å². The Morgan fingerprint density at radius 3 is 2.00 bits per heavy atom. The van der Waals surface area contributed by atoms with Gasteiger partial charge in [-0.05, 0) is 55.5 Å². The minimum absolute atomic E-state index is 0.0961. The topological polar surface area (TPSA) is 102 Å². The molecule has 9 heteroatoms. The van der Waals surface area contributed by atoms with Gasteiger partial charge in [0.15, 0.2) is 0 Å². The first-order chi connectivity index (χ1) is 13.1. The van der Waals surface area contributed by atoms with E-state index in [1.807, 2.05) is 19.1 Å². The number of ether oxygens (including phenoxy) is 1. The molecule has 3 aromatic rings. The van der Waals surface area contributed by atoms with Crippen LogP contribution in [0.4, 0.5) is 28.7 Å². The van der Waals surface area contributed by atoms with E-state index >= 15 is 0 Å². The molecule has 0 aliphatic rings. The number of aromatic nitrogens is 2. The molecule has 0 bridgehead atoms. The van der Waals surface area contributed by atoms with E-state index in [9.17, 15) is 10.1 Å². The molecule has 0 aliphatic heterocycles. The van der Waals surface area contributed by atoms with Crippen molar-refractivity contribution in [3.8, 4) is 5.75 Å². The fourth-order valence-electron chi connectivity index (χ4n) is 2.34. The van der Waals surface area contributed by atoms with E-state index in [0.29, 0.717) is 18.0 Å². The van der Waals surface area contributed by atoms with Crippen LogP contribution in [-0.4, -0.2) is 21.5 Å². The lowest BCUT2D eigenvalue weighted by Gasteiger charge is -2.11. The van der Waals surface area contributed by atoms with Crippen LogP contribution in [0.2, 0.25) is 0 Å². The van der Waals surface area contributed by atoms with Crippen molar-refractivity contribution in [1.29, 1.82) is 0 Å². The third-order valence-electron chi connectivity index (χ3n) is 3.54. The van der Waals surface area contributed by atoms with E-state index in [1.165, 1.54) is 6.33 Å². The summed E-state index contributed by atoms with van der Waals surface area (Å²) < 4.78 is 6.30. The number of nitrogens with one attached hydrogen (secondary N) is 2. The normalized spacial score (nSPS) is 10.3. The third kappa shape index (κ3) is 4.70. The van der Waals surface area contributed by atoms with E-state index in [4.69, 9.17) is 4.74 Å². The highest BCUT2D eigenvalue weighted by Crippen LogP contribution is 2.33. The summed E-state index contributed by atoms with van der Waals surface area (Å²) in [5.41, 5.74) is 1.08. The second kappa shape index (κ2) is 8.45. The van der Waals surface area contributed by atoms with Crippen molar-refractivity contribution in [3.05, 3.63) is 69.4 Å². The predicted molar refractivity (Wildman–Crippen MR) is 107 cm³/mol. The molecule has 2 aromatic carbocycles. The van der Waals surface area contributed by atoms with Crippen LogP contribution in [0.3, 0.4) is 0 Å². The Kier molecular flexibility index (Phi) is 5.82. The van der Waals surface area contributed by atoms with Crippen molar-refractivity contribution < 1.29 is 9.66 Å². The van der Waals surface area contributed by atoms with Crippen molar-refractivity contribution in [3.63, 3.8) is 0 Å². The van der Waals surface area contributed by atoms with Crippen LogP contribution in [0.15, 0.2) is 59.3 Å². The highest BCUT2D eigenvalue weighted by molar-refractivity contribution is 9.10. The number of halogens is 1. The molecule has 0 radical (unpaired) electrons. The minimum atomic E-state index is -0.516. The molecule has 1 heterocycles. The van der Waals surface area contributed by atoms with Crippen LogP contribution in [0, 0.1) is 10.1 Å². The summed E-state index contributed by atoms with van der Waals surface area (Å²) in [7, 11) is 0. The second-order valence-corrected chi connectivity index (χ2v) is 6.31. The summed E-state index contributed by atoms with van der Waals surface area (Å²) in [6, 6.07) is 14.3. The number of benzene rings is 2. The van der Waals surface area contributed by atoms with Crippen LogP contribution in [0.25, 0.3) is 0 Å². The SMILES string of the molecule is CCOc1ccc(Nc2ncnc(Nc3ccc(Br)cc3)c2[N+](=O)[O-])cc1. The molecule has 0 saturated carbocycles. The summed E-state index contributed by atoms with van der Waals surface area (Å²) in [4.78, 5) is 19.2. The standard InChI is InChI=1S/C18H16BrN5O3/c1-2-27-15-9-7-14(8-10-15)23-18-16(24(25)26)17(20-11-21-18)22-13-5-3-12(19)4-6-13/h3-11H,2H2,1H3,(H2,20,21,22,23). The Morgan fingerprint density at radius 2 is 1.52 bits per heavy atom. The zero-order valence-corrected chi connectivity index (χ0v) is 15.9. The molecule has 0 amide bonds. The highest BCUT2D eigenvalue weighted by atomic mass is 79.9. The molecular weight excluding hydrogens is 414 g/mol. The molecule has 3 rings (SSSR count). The molecule has 2 N–H and O–H groups in total. The Hall–Kier alpha value is -3.20. The zero-order chi connectivity index (χ0) is 19.2. The Morgan fingerprint density at radius 1 is 1.00 bits per heavy atom. The molecule has 0 unspecified atom stereocenters. The van der Waals surface area contributed by atoms with Gasteiger partial charge in [0, 0.05) is 15.8 Å². The first kappa shape index (κ1) is 18.6. The highest BCUT2D eigenvalue weighted by Gasteiger charge is 2.23. The maximum atomic E-state index is 11.6. The molecule has 0 saturated heterocycles. The van der Waals surface area contributed by atoms with E-state index in [2.05, 4.69) is 36.5 Å². The smallest absolute Gasteiger partial charge is 0.353 e. The Balaban J connectivity index is 1.88. The number of nitrogens with zero attached hydrogens (tertiary/aromatic N) is 3. The van der Waals surface area contributed by atoms with Gasteiger partial charge >= 0.3 is 5.69 Å². The van der Waals surface area contributed by atoms with Crippen molar-refractivity contribution >= 4 is 44.6 Å². The monoisotopic (exact) mass is 429 g/mol. The van der Waals surface area contributed by atoms with Gasteiger partial charge in [0.25, 0.3) is 0 Å². The zero-order valence-electron chi connectivity index (χ0n) is 14.3. The summed E-state index contributed by atoms with van der Waals surface area (Å²) in [5, 5.41) is 17.6. The minimum Gasteiger partial charge on any atom is -0.494 e. The van der Waals surface area contributed by atoms with Gasteiger partial charge in [0.1, 0.15) is 12.1 Å². The number of anilines is 4. The molecule has 0 spiro atoms. The fourth-order valence-corrected chi connectivity index (χ4v) is 2.61. The van der Waals surface area contributed by atoms with Gasteiger partial charge in [-0.2, -0.15) is 0 Å². The van der Waals surface area contributed by atoms with Crippen molar-refractivity contribution in [2.45, 2.75) is 6.92 Å². The third-order valence-corrected chi connectivity index (χ3v) is 4.07. The van der Waals surface area contributed by atoms with E-state index in [-0.39, 0.29) is 17.3 Å². The van der Waals surface area contributed by atoms with Gasteiger partial charge in [-0.15, -0.1) is 0 Å². The first-order valence-corrected chi connectivity index (χ1v) is 8.88. The molecule has 0 aliphatic carbocycles. The Bertz CT molecular complexity index is 933. The maximum absolute atomic E-state index is 11.6. The lowest BCUT2D eigenvalue weighted by atomic mass is 10.3. The predicted octanol–water partition coefficient (Wildman–Crippen LogP) is 5.03. The van der Waals surface area contributed by atoms with E-state index in [0.717, 1.165) is 10.2 Å². The average molecular weight is 430 g/mol. The molecule has 8 nitrogen and oxygen atoms in total. The summed E-state index contributed by atoms with van der Waals surface area (Å²) in [5.74, 6) is 0.919. The van der Waals surface area contributed by atoms with Crippen molar-refractivity contribution in [2.75, 3.05) is 17.2 Å². The van der Waals surface area contributed by atoms with Gasteiger partial charge < -0.3 is 15.4 Å². The van der Waals surface area contributed by atoms with Crippen LogP contribution >= 0.6 is 15.9 Å². The molecule has 138 valence electrons. The molecule has 1 aromatic heterocycles. The van der Waals surface area contributed by atoms with E-state index < -0.39 is 4.92 Å². The summed E-state index contributed by atoms with van der Waals surface area (Å²) in [6.45, 7) is 2.46. The Labute approximate surface area is 163 Å². The molecular formula is C18H16BrN5O3. The quantitative estimate of drug-likeness (QED) is 0.400. The van der Waals surface area contributed by atoms with E-state index in [1.54, 1.807) is 36.4 Å². The number of hydrogen-bond acceptors (Lipinski definition) is 7.